The van der Waals surface area contributed by atoms with Crippen LogP contribution in [0.5, 0.6) is 0 Å². The maximum atomic E-state index is 4.55. The normalized spacial score (nSPS) is 34.9. The molecule has 3 nitrogen and oxygen atoms in total. The van der Waals surface area contributed by atoms with Crippen LogP contribution in [0.25, 0.3) is 0 Å². The van der Waals surface area contributed by atoms with Gasteiger partial charge in [0, 0.05) is 31.4 Å². The Morgan fingerprint density at radius 1 is 1.40 bits per heavy atom. The van der Waals surface area contributed by atoms with E-state index < -0.39 is 0 Å². The topological polar surface area (TPSA) is 29.9 Å². The second kappa shape index (κ2) is 4.59. The van der Waals surface area contributed by atoms with Crippen molar-refractivity contribution in [2.75, 3.05) is 0 Å². The minimum Gasteiger partial charge on any atom is -0.309 e. The van der Waals surface area contributed by atoms with Crippen LogP contribution in [-0.4, -0.2) is 15.8 Å². The molecular weight excluding hydrogens is 246 g/mol. The molecule has 0 saturated heterocycles. The van der Waals surface area contributed by atoms with Crippen molar-refractivity contribution in [3.8, 4) is 0 Å². The van der Waals surface area contributed by atoms with E-state index in [1.165, 1.54) is 30.5 Å². The van der Waals surface area contributed by atoms with Crippen molar-refractivity contribution in [3.63, 3.8) is 0 Å². The van der Waals surface area contributed by atoms with Crippen molar-refractivity contribution in [2.24, 2.45) is 23.8 Å². The lowest BCUT2D eigenvalue weighted by atomic mass is 9.68. The summed E-state index contributed by atoms with van der Waals surface area (Å²) in [5, 5.41) is 8.45. The van der Waals surface area contributed by atoms with E-state index in [0.29, 0.717) is 16.9 Å². The molecule has 1 N–H and O–H groups in total. The smallest absolute Gasteiger partial charge is 0.0666 e. The number of nitrogens with zero attached hydrogens (tertiary/aromatic N) is 2. The summed E-state index contributed by atoms with van der Waals surface area (Å²) in [4.78, 5) is 0. The molecule has 1 heterocycles. The first kappa shape index (κ1) is 14.1. The minimum absolute atomic E-state index is 0.432. The maximum absolute atomic E-state index is 4.55. The molecule has 1 aromatic heterocycles. The lowest BCUT2D eigenvalue weighted by molar-refractivity contribution is 0.108. The largest absolute Gasteiger partial charge is 0.309 e. The Kier molecular flexibility index (Phi) is 3.24. The molecule has 20 heavy (non-hydrogen) atoms. The van der Waals surface area contributed by atoms with E-state index in [2.05, 4.69) is 44.3 Å². The molecule has 2 aliphatic carbocycles. The molecule has 0 aromatic carbocycles. The summed E-state index contributed by atoms with van der Waals surface area (Å²) in [7, 11) is 2.02. The molecule has 2 fully saturated rings. The summed E-state index contributed by atoms with van der Waals surface area (Å²) in [6.45, 7) is 10.6. The quantitative estimate of drug-likeness (QED) is 0.914. The van der Waals surface area contributed by atoms with Gasteiger partial charge in [0.15, 0.2) is 0 Å². The van der Waals surface area contributed by atoms with Crippen LogP contribution in [0.1, 0.15) is 58.2 Å². The summed E-state index contributed by atoms with van der Waals surface area (Å²) in [5.74, 6) is 0.907. The molecule has 0 amide bonds. The SMILES string of the molecule is CCc1nn(C)cc1CNC1C2(C)CCC(C2)C1(C)C. The van der Waals surface area contributed by atoms with E-state index in [1.807, 2.05) is 11.7 Å². The first-order chi connectivity index (χ1) is 9.37. The highest BCUT2D eigenvalue weighted by atomic mass is 15.3. The van der Waals surface area contributed by atoms with Crippen molar-refractivity contribution in [1.82, 2.24) is 15.1 Å². The number of hydrogen-bond acceptors (Lipinski definition) is 2. The van der Waals surface area contributed by atoms with Gasteiger partial charge in [0.05, 0.1) is 5.69 Å². The van der Waals surface area contributed by atoms with Crippen LogP contribution in [0.3, 0.4) is 0 Å². The summed E-state index contributed by atoms with van der Waals surface area (Å²) in [5.41, 5.74) is 3.55. The van der Waals surface area contributed by atoms with Crippen LogP contribution >= 0.6 is 0 Å². The Morgan fingerprint density at radius 2 is 2.15 bits per heavy atom. The number of fused-ring (bicyclic) bond motifs is 2. The van der Waals surface area contributed by atoms with Crippen molar-refractivity contribution in [2.45, 2.75) is 66.0 Å². The molecule has 2 saturated carbocycles. The summed E-state index contributed by atoms with van der Waals surface area (Å²) in [6.07, 6.45) is 7.42. The zero-order valence-corrected chi connectivity index (χ0v) is 13.7. The van der Waals surface area contributed by atoms with Gasteiger partial charge in [-0.3, -0.25) is 4.68 Å². The number of aromatic nitrogens is 2. The second-order valence-corrected chi connectivity index (χ2v) is 7.86. The van der Waals surface area contributed by atoms with Gasteiger partial charge in [-0.1, -0.05) is 27.7 Å². The van der Waals surface area contributed by atoms with Gasteiger partial charge in [-0.2, -0.15) is 5.10 Å². The van der Waals surface area contributed by atoms with Crippen LogP contribution in [0.4, 0.5) is 0 Å². The van der Waals surface area contributed by atoms with E-state index in [-0.39, 0.29) is 0 Å². The van der Waals surface area contributed by atoms with Gasteiger partial charge in [0.1, 0.15) is 0 Å². The summed E-state index contributed by atoms with van der Waals surface area (Å²) >= 11 is 0. The highest BCUT2D eigenvalue weighted by molar-refractivity contribution is 5.18. The third-order valence-electron chi connectivity index (χ3n) is 6.09. The molecule has 2 bridgehead atoms. The third-order valence-corrected chi connectivity index (χ3v) is 6.09. The molecule has 0 aliphatic heterocycles. The fourth-order valence-corrected chi connectivity index (χ4v) is 5.05. The van der Waals surface area contributed by atoms with Crippen molar-refractivity contribution < 1.29 is 0 Å². The maximum Gasteiger partial charge on any atom is 0.0666 e. The van der Waals surface area contributed by atoms with Gasteiger partial charge in [-0.15, -0.1) is 0 Å². The van der Waals surface area contributed by atoms with Gasteiger partial charge in [0.25, 0.3) is 0 Å². The summed E-state index contributed by atoms with van der Waals surface area (Å²) < 4.78 is 1.95. The van der Waals surface area contributed by atoms with E-state index in [4.69, 9.17) is 0 Å². The average Bonchev–Trinajstić information content (AvgIpc) is 2.97. The molecule has 3 unspecified atom stereocenters. The second-order valence-electron chi connectivity index (χ2n) is 7.86. The van der Waals surface area contributed by atoms with E-state index in [9.17, 15) is 0 Å². The van der Waals surface area contributed by atoms with Gasteiger partial charge < -0.3 is 5.32 Å². The Labute approximate surface area is 123 Å². The highest BCUT2D eigenvalue weighted by Crippen LogP contribution is 2.62. The molecule has 3 rings (SSSR count). The first-order valence-corrected chi connectivity index (χ1v) is 8.11. The molecule has 0 radical (unpaired) electrons. The highest BCUT2D eigenvalue weighted by Gasteiger charge is 2.58. The molecule has 3 heteroatoms. The third kappa shape index (κ3) is 2.02. The monoisotopic (exact) mass is 275 g/mol. The van der Waals surface area contributed by atoms with Crippen LogP contribution in [0, 0.1) is 16.7 Å². The van der Waals surface area contributed by atoms with Crippen LogP contribution in [-0.2, 0) is 20.0 Å². The average molecular weight is 275 g/mol. The van der Waals surface area contributed by atoms with Crippen LogP contribution in [0.15, 0.2) is 6.20 Å². The predicted octanol–water partition coefficient (Wildman–Crippen LogP) is 3.29. The van der Waals surface area contributed by atoms with Crippen molar-refractivity contribution in [3.05, 3.63) is 17.5 Å². The zero-order valence-electron chi connectivity index (χ0n) is 13.7. The lowest BCUT2D eigenvalue weighted by Crippen LogP contribution is -2.49. The Balaban J connectivity index is 1.75. The zero-order chi connectivity index (χ0) is 14.5. The molecule has 2 aliphatic rings. The fourth-order valence-electron chi connectivity index (χ4n) is 5.05. The summed E-state index contributed by atoms with van der Waals surface area (Å²) in [6, 6.07) is 0.638. The van der Waals surface area contributed by atoms with Gasteiger partial charge >= 0.3 is 0 Å². The molecule has 0 spiro atoms. The lowest BCUT2D eigenvalue weighted by Gasteiger charge is -2.43. The number of hydrogen-bond donors (Lipinski definition) is 1. The Bertz CT molecular complexity index is 498. The van der Waals surface area contributed by atoms with Crippen LogP contribution < -0.4 is 5.32 Å². The van der Waals surface area contributed by atoms with E-state index in [1.54, 1.807) is 0 Å². The standard InChI is InChI=1S/C17H29N3/c1-6-14-12(11-20(5)19-14)10-18-15-16(2,3)13-7-8-17(15,4)9-13/h11,13,15,18H,6-10H2,1-5H3. The number of aryl methyl sites for hydroxylation is 2. The Hall–Kier alpha value is -0.830. The van der Waals surface area contributed by atoms with Gasteiger partial charge in [-0.25, -0.2) is 0 Å². The van der Waals surface area contributed by atoms with E-state index >= 15 is 0 Å². The van der Waals surface area contributed by atoms with E-state index in [0.717, 1.165) is 18.9 Å². The molecular formula is C17H29N3. The molecule has 3 atom stereocenters. The molecule has 112 valence electrons. The number of nitrogens with one attached hydrogen (secondary N) is 1. The van der Waals surface area contributed by atoms with Crippen LogP contribution in [0.2, 0.25) is 0 Å². The van der Waals surface area contributed by atoms with Gasteiger partial charge in [0.2, 0.25) is 0 Å². The predicted molar refractivity (Wildman–Crippen MR) is 82.4 cm³/mol. The fraction of sp³-hybridized carbons (Fsp3) is 0.824. The minimum atomic E-state index is 0.432. The van der Waals surface area contributed by atoms with Crippen molar-refractivity contribution >= 4 is 0 Å². The van der Waals surface area contributed by atoms with Gasteiger partial charge in [-0.05, 0) is 42.4 Å². The number of rotatable bonds is 4. The van der Waals surface area contributed by atoms with Crippen molar-refractivity contribution in [1.29, 1.82) is 0 Å². The molecule has 1 aromatic rings. The first-order valence-electron chi connectivity index (χ1n) is 8.11. The Morgan fingerprint density at radius 3 is 2.75 bits per heavy atom.